The summed E-state index contributed by atoms with van der Waals surface area (Å²) in [4.78, 5) is 37.4. The lowest BCUT2D eigenvalue weighted by Gasteiger charge is -2.48. The molecule has 1 aromatic rings. The van der Waals surface area contributed by atoms with Crippen molar-refractivity contribution in [3.8, 4) is 0 Å². The van der Waals surface area contributed by atoms with E-state index in [0.717, 1.165) is 4.90 Å². The number of aliphatic hydroxyl groups excluding tert-OH is 5. The quantitative estimate of drug-likeness (QED) is 0.140. The molecule has 2 amide bonds. The van der Waals surface area contributed by atoms with Gasteiger partial charge in [-0.1, -0.05) is 18.2 Å². The third kappa shape index (κ3) is 8.19. The van der Waals surface area contributed by atoms with Crippen LogP contribution in [0.2, 0.25) is 0 Å². The minimum atomic E-state index is -1.60. The van der Waals surface area contributed by atoms with Gasteiger partial charge in [-0.3, -0.25) is 14.4 Å². The fraction of sp³-hybridized carbons (Fsp3) is 0.640. The summed E-state index contributed by atoms with van der Waals surface area (Å²) in [6, 6.07) is 6.86. The van der Waals surface area contributed by atoms with Crippen LogP contribution in [0.3, 0.4) is 0 Å². The number of aliphatic hydroxyl groups is 5. The Morgan fingerprint density at radius 2 is 1.46 bits per heavy atom. The lowest BCUT2D eigenvalue weighted by molar-refractivity contribution is -0.314. The second-order valence-electron chi connectivity index (χ2n) is 9.49. The molecule has 39 heavy (non-hydrogen) atoms. The first kappa shape index (κ1) is 31.4. The summed E-state index contributed by atoms with van der Waals surface area (Å²) in [5.41, 5.74) is 0. The van der Waals surface area contributed by atoms with Gasteiger partial charge in [0.1, 0.15) is 48.4 Å². The highest BCUT2D eigenvalue weighted by molar-refractivity contribution is 8.00. The average Bonchev–Trinajstić information content (AvgIpc) is 2.90. The zero-order valence-corrected chi connectivity index (χ0v) is 22.4. The number of hydrogen-bond donors (Lipinski definition) is 7. The van der Waals surface area contributed by atoms with Gasteiger partial charge in [-0.25, -0.2) is 0 Å². The number of rotatable bonds is 11. The van der Waals surface area contributed by atoms with E-state index >= 15 is 0 Å². The van der Waals surface area contributed by atoms with Gasteiger partial charge in [-0.05, 0) is 12.1 Å². The van der Waals surface area contributed by atoms with E-state index in [-0.39, 0.29) is 18.0 Å². The lowest BCUT2D eigenvalue weighted by atomic mass is 9.89. The molecule has 2 aliphatic rings. The fourth-order valence-corrected chi connectivity index (χ4v) is 5.43. The molecule has 10 atom stereocenters. The van der Waals surface area contributed by atoms with Gasteiger partial charge in [0.15, 0.2) is 6.29 Å². The van der Waals surface area contributed by atoms with Crippen LogP contribution in [0, 0.1) is 0 Å². The number of nitrogens with one attached hydrogen (secondary N) is 2. The van der Waals surface area contributed by atoms with Crippen LogP contribution >= 0.6 is 11.8 Å². The van der Waals surface area contributed by atoms with Gasteiger partial charge in [0, 0.05) is 25.2 Å². The maximum absolute atomic E-state index is 12.8. The number of thioether (sulfide) groups is 1. The smallest absolute Gasteiger partial charge is 0.217 e. The molecule has 218 valence electrons. The molecular weight excluding hydrogens is 536 g/mol. The van der Waals surface area contributed by atoms with Crippen LogP contribution in [0.1, 0.15) is 20.3 Å². The van der Waals surface area contributed by atoms with E-state index in [9.17, 15) is 39.9 Å². The molecule has 2 heterocycles. The summed E-state index contributed by atoms with van der Waals surface area (Å²) in [5, 5.41) is 56.6. The number of carbonyl (C=O) groups is 3. The molecule has 7 N–H and O–H groups in total. The number of carbonyl (C=O) groups excluding carboxylic acids is 3. The van der Waals surface area contributed by atoms with Crippen molar-refractivity contribution in [3.05, 3.63) is 30.3 Å². The highest BCUT2D eigenvalue weighted by Gasteiger charge is 2.51. The maximum Gasteiger partial charge on any atom is 0.217 e. The molecular formula is C25H36N2O11S. The van der Waals surface area contributed by atoms with Crippen molar-refractivity contribution < 1.29 is 54.1 Å². The summed E-state index contributed by atoms with van der Waals surface area (Å²) in [6.45, 7) is 1.07. The Morgan fingerprint density at radius 1 is 0.846 bits per heavy atom. The Labute approximate surface area is 229 Å². The molecule has 1 aromatic carbocycles. The van der Waals surface area contributed by atoms with E-state index in [1.54, 1.807) is 0 Å². The predicted molar refractivity (Wildman–Crippen MR) is 136 cm³/mol. The highest BCUT2D eigenvalue weighted by Crippen LogP contribution is 2.31. The molecule has 0 unspecified atom stereocenters. The first-order valence-electron chi connectivity index (χ1n) is 12.5. The van der Waals surface area contributed by atoms with Crippen molar-refractivity contribution in [2.45, 2.75) is 86.3 Å². The average molecular weight is 573 g/mol. The molecule has 13 nitrogen and oxygen atoms in total. The van der Waals surface area contributed by atoms with E-state index in [1.807, 2.05) is 30.3 Å². The van der Waals surface area contributed by atoms with Crippen molar-refractivity contribution in [1.82, 2.24) is 10.6 Å². The SMILES string of the molecule is CC(=O)N[C@@H]1[C@@H](O)[C@H](O[C@@H]2O[C@H](CO)[C@@H](O)[C@H](O)[C@H]2NC(C)=O)[C@@H](CO)O[C@H]1CC(=O)CSc1ccccc1. The summed E-state index contributed by atoms with van der Waals surface area (Å²) in [7, 11) is 0. The summed E-state index contributed by atoms with van der Waals surface area (Å²) >= 11 is 1.33. The highest BCUT2D eigenvalue weighted by atomic mass is 32.2. The molecule has 0 aromatic heterocycles. The number of ether oxygens (including phenoxy) is 3. The molecule has 0 spiro atoms. The second-order valence-corrected chi connectivity index (χ2v) is 10.5. The minimum Gasteiger partial charge on any atom is -0.394 e. The van der Waals surface area contributed by atoms with Gasteiger partial charge in [0.05, 0.1) is 31.1 Å². The largest absolute Gasteiger partial charge is 0.394 e. The summed E-state index contributed by atoms with van der Waals surface area (Å²) in [6.07, 6.45) is -11.2. The second kappa shape index (κ2) is 14.5. The predicted octanol–water partition coefficient (Wildman–Crippen LogP) is -2.31. The zero-order chi connectivity index (χ0) is 28.7. The maximum atomic E-state index is 12.8. The number of hydrogen-bond acceptors (Lipinski definition) is 12. The van der Waals surface area contributed by atoms with Crippen LogP contribution in [0.15, 0.2) is 35.2 Å². The number of ketones is 1. The van der Waals surface area contributed by atoms with Gasteiger partial charge in [0.25, 0.3) is 0 Å². The lowest BCUT2D eigenvalue weighted by Crippen LogP contribution is -2.69. The van der Waals surface area contributed by atoms with Gasteiger partial charge in [0.2, 0.25) is 11.8 Å². The van der Waals surface area contributed by atoms with E-state index in [2.05, 4.69) is 10.6 Å². The molecule has 2 aliphatic heterocycles. The number of benzene rings is 1. The van der Waals surface area contributed by atoms with E-state index in [1.165, 1.54) is 25.6 Å². The molecule has 14 heteroatoms. The van der Waals surface area contributed by atoms with E-state index in [0.29, 0.717) is 0 Å². The van der Waals surface area contributed by atoms with Crippen LogP contribution in [0.5, 0.6) is 0 Å². The zero-order valence-electron chi connectivity index (χ0n) is 21.6. The van der Waals surface area contributed by atoms with Gasteiger partial charge < -0.3 is 50.4 Å². The first-order chi connectivity index (χ1) is 18.5. The third-order valence-electron chi connectivity index (χ3n) is 6.48. The Balaban J connectivity index is 1.77. The Bertz CT molecular complexity index is 971. The van der Waals surface area contributed by atoms with Crippen LogP contribution in [0.4, 0.5) is 0 Å². The Hall–Kier alpha value is -2.14. The molecule has 2 saturated heterocycles. The van der Waals surface area contributed by atoms with E-state index < -0.39 is 86.1 Å². The van der Waals surface area contributed by atoms with Crippen molar-refractivity contribution in [2.24, 2.45) is 0 Å². The molecule has 0 aliphatic carbocycles. The van der Waals surface area contributed by atoms with E-state index in [4.69, 9.17) is 14.2 Å². The summed E-state index contributed by atoms with van der Waals surface area (Å²) in [5.74, 6) is -1.18. The molecule has 3 rings (SSSR count). The number of Topliss-reactive ketones (excluding diaryl/α,β-unsaturated/α-hetero) is 1. The molecule has 2 fully saturated rings. The first-order valence-corrected chi connectivity index (χ1v) is 13.5. The van der Waals surface area contributed by atoms with Crippen LogP contribution in [-0.2, 0) is 28.6 Å². The van der Waals surface area contributed by atoms with Crippen LogP contribution in [0.25, 0.3) is 0 Å². The third-order valence-corrected chi connectivity index (χ3v) is 7.56. The van der Waals surface area contributed by atoms with Gasteiger partial charge >= 0.3 is 0 Å². The summed E-state index contributed by atoms with van der Waals surface area (Å²) < 4.78 is 17.4. The van der Waals surface area contributed by atoms with Crippen LogP contribution < -0.4 is 10.6 Å². The standard InChI is InChI=1S/C25H36N2O11S/c1-12(30)26-19-16(8-14(32)11-39-15-6-4-3-5-7-15)36-18(10-29)24(23(19)35)38-25-20(27-13(2)31)22(34)21(33)17(9-28)37-25/h3-7,16-25,28-29,33-35H,8-11H2,1-2H3,(H,26,30)(H,27,31)/t16-,17+,18+,19-,20+,21+,22+,23+,24+,25-/m0/s1. The minimum absolute atomic E-state index is 0.119. The molecule has 0 radical (unpaired) electrons. The molecule has 0 bridgehead atoms. The fourth-order valence-electron chi connectivity index (χ4n) is 4.64. The Morgan fingerprint density at radius 3 is 2.05 bits per heavy atom. The van der Waals surface area contributed by atoms with Crippen molar-refractivity contribution in [1.29, 1.82) is 0 Å². The van der Waals surface area contributed by atoms with Gasteiger partial charge in [-0.2, -0.15) is 0 Å². The van der Waals surface area contributed by atoms with Gasteiger partial charge in [-0.15, -0.1) is 11.8 Å². The van der Waals surface area contributed by atoms with Crippen molar-refractivity contribution >= 4 is 29.4 Å². The monoisotopic (exact) mass is 572 g/mol. The normalized spacial score (nSPS) is 34.7. The topological polar surface area (TPSA) is 204 Å². The van der Waals surface area contributed by atoms with Crippen LogP contribution in [-0.4, -0.2) is 123 Å². The van der Waals surface area contributed by atoms with Crippen molar-refractivity contribution in [2.75, 3.05) is 19.0 Å². The molecule has 0 saturated carbocycles. The number of amides is 2. The van der Waals surface area contributed by atoms with Crippen molar-refractivity contribution in [3.63, 3.8) is 0 Å². The Kier molecular flexibility index (Phi) is 11.7.